The number of fused-ring (bicyclic) bond motifs is 1. The minimum atomic E-state index is 0. The van der Waals surface area contributed by atoms with E-state index in [1.54, 1.807) is 7.11 Å². The van der Waals surface area contributed by atoms with Gasteiger partial charge >= 0.3 is 0 Å². The fourth-order valence-electron chi connectivity index (χ4n) is 3.23. The van der Waals surface area contributed by atoms with E-state index < -0.39 is 0 Å². The van der Waals surface area contributed by atoms with E-state index >= 15 is 0 Å². The number of hydrogen-bond acceptors (Lipinski definition) is 4. The molecule has 2 aromatic carbocycles. The molecule has 7 nitrogen and oxygen atoms in total. The first-order valence-electron chi connectivity index (χ1n) is 8.96. The largest absolute Gasteiger partial charge is 0.497 e. The van der Waals surface area contributed by atoms with Gasteiger partial charge in [0.05, 0.1) is 7.11 Å². The molecular formula is C20H23IN6O. The van der Waals surface area contributed by atoms with Gasteiger partial charge in [-0.15, -0.1) is 24.0 Å². The van der Waals surface area contributed by atoms with Gasteiger partial charge in [-0.05, 0) is 66.8 Å². The summed E-state index contributed by atoms with van der Waals surface area (Å²) in [5.41, 5.74) is 10.7. The molecule has 146 valence electrons. The van der Waals surface area contributed by atoms with Crippen molar-refractivity contribution in [2.75, 3.05) is 12.4 Å². The van der Waals surface area contributed by atoms with Crippen molar-refractivity contribution < 1.29 is 4.74 Å². The summed E-state index contributed by atoms with van der Waals surface area (Å²) < 4.78 is 5.16. The average molecular weight is 490 g/mol. The zero-order valence-corrected chi connectivity index (χ0v) is 17.9. The number of benzene rings is 2. The van der Waals surface area contributed by atoms with Crippen LogP contribution in [0.4, 0.5) is 5.69 Å². The summed E-state index contributed by atoms with van der Waals surface area (Å²) in [6, 6.07) is 13.9. The molecule has 0 unspecified atom stereocenters. The Morgan fingerprint density at radius 2 is 1.96 bits per heavy atom. The molecule has 3 aromatic rings. The highest BCUT2D eigenvalue weighted by Crippen LogP contribution is 2.24. The number of halogens is 1. The van der Waals surface area contributed by atoms with E-state index in [9.17, 15) is 0 Å². The van der Waals surface area contributed by atoms with Crippen LogP contribution in [-0.4, -0.2) is 28.3 Å². The van der Waals surface area contributed by atoms with Crippen LogP contribution in [0.15, 0.2) is 47.5 Å². The van der Waals surface area contributed by atoms with Gasteiger partial charge in [-0.25, -0.2) is 9.98 Å². The lowest BCUT2D eigenvalue weighted by molar-refractivity contribution is 0.415. The third-order valence-electron chi connectivity index (χ3n) is 4.65. The topological polar surface area (TPSA) is 101 Å². The van der Waals surface area contributed by atoms with Gasteiger partial charge in [0.1, 0.15) is 18.1 Å². The smallest absolute Gasteiger partial charge is 0.193 e. The highest BCUT2D eigenvalue weighted by molar-refractivity contribution is 14.0. The van der Waals surface area contributed by atoms with Gasteiger partial charge in [-0.3, -0.25) is 5.10 Å². The summed E-state index contributed by atoms with van der Waals surface area (Å²) in [6.45, 7) is 0.326. The fourth-order valence-corrected chi connectivity index (χ4v) is 3.23. The molecule has 0 saturated heterocycles. The van der Waals surface area contributed by atoms with Crippen LogP contribution in [-0.2, 0) is 19.4 Å². The quantitative estimate of drug-likeness (QED) is 0.289. The second kappa shape index (κ2) is 9.05. The summed E-state index contributed by atoms with van der Waals surface area (Å²) >= 11 is 0. The molecule has 1 heterocycles. The minimum Gasteiger partial charge on any atom is -0.497 e. The molecule has 0 aliphatic heterocycles. The van der Waals surface area contributed by atoms with Gasteiger partial charge in [0.15, 0.2) is 11.8 Å². The van der Waals surface area contributed by atoms with E-state index in [2.05, 4.69) is 37.6 Å². The Kier molecular flexibility index (Phi) is 6.50. The van der Waals surface area contributed by atoms with Crippen molar-refractivity contribution in [3.05, 3.63) is 59.4 Å². The zero-order valence-electron chi connectivity index (χ0n) is 15.6. The van der Waals surface area contributed by atoms with Crippen molar-refractivity contribution in [2.45, 2.75) is 25.8 Å². The van der Waals surface area contributed by atoms with E-state index in [4.69, 9.17) is 10.5 Å². The molecule has 4 rings (SSSR count). The maximum Gasteiger partial charge on any atom is 0.193 e. The summed E-state index contributed by atoms with van der Waals surface area (Å²) in [5.74, 6) is 2.42. The molecule has 1 aliphatic carbocycles. The van der Waals surface area contributed by atoms with Crippen LogP contribution >= 0.6 is 24.0 Å². The van der Waals surface area contributed by atoms with Gasteiger partial charge in [0, 0.05) is 11.3 Å². The number of nitrogens with two attached hydrogens (primary N) is 1. The molecule has 8 heteroatoms. The number of aryl methyl sites for hydroxylation is 2. The Bertz CT molecular complexity index is 967. The maximum absolute atomic E-state index is 6.01. The molecule has 1 aliphatic rings. The Balaban J connectivity index is 0.00000225. The van der Waals surface area contributed by atoms with Crippen LogP contribution in [0.1, 0.15) is 23.4 Å². The summed E-state index contributed by atoms with van der Waals surface area (Å²) in [5, 5.41) is 10.3. The number of ether oxygens (including phenoxy) is 1. The number of H-pyrrole nitrogens is 1. The third-order valence-corrected chi connectivity index (χ3v) is 4.65. The number of aromatic amines is 1. The van der Waals surface area contributed by atoms with Gasteiger partial charge in [-0.1, -0.05) is 6.07 Å². The zero-order chi connectivity index (χ0) is 18.6. The molecule has 0 amide bonds. The van der Waals surface area contributed by atoms with Crippen molar-refractivity contribution in [1.82, 2.24) is 15.2 Å². The number of aliphatic imine (C=N–C) groups is 1. The molecule has 0 spiro atoms. The van der Waals surface area contributed by atoms with E-state index in [1.165, 1.54) is 24.0 Å². The van der Waals surface area contributed by atoms with E-state index in [-0.39, 0.29) is 24.0 Å². The number of methoxy groups -OCH3 is 1. The van der Waals surface area contributed by atoms with Crippen LogP contribution in [0.25, 0.3) is 11.4 Å². The number of nitrogens with one attached hydrogen (secondary N) is 2. The van der Waals surface area contributed by atoms with Crippen LogP contribution in [0, 0.1) is 0 Å². The number of nitrogens with zero attached hydrogens (tertiary/aromatic N) is 3. The minimum absolute atomic E-state index is 0. The summed E-state index contributed by atoms with van der Waals surface area (Å²) in [4.78, 5) is 8.81. The first-order chi connectivity index (χ1) is 13.2. The molecular weight excluding hydrogens is 467 g/mol. The van der Waals surface area contributed by atoms with Gasteiger partial charge in [0.2, 0.25) is 0 Å². The molecule has 0 radical (unpaired) electrons. The fraction of sp³-hybridized carbons (Fsp3) is 0.250. The number of hydrogen-bond donors (Lipinski definition) is 3. The molecule has 0 fully saturated rings. The lowest BCUT2D eigenvalue weighted by atomic mass is 10.1. The van der Waals surface area contributed by atoms with Crippen molar-refractivity contribution >= 4 is 35.6 Å². The highest BCUT2D eigenvalue weighted by atomic mass is 127. The second-order valence-electron chi connectivity index (χ2n) is 6.50. The first kappa shape index (κ1) is 20.1. The first-order valence-corrected chi connectivity index (χ1v) is 8.96. The molecule has 28 heavy (non-hydrogen) atoms. The van der Waals surface area contributed by atoms with Crippen molar-refractivity contribution in [3.8, 4) is 17.1 Å². The van der Waals surface area contributed by atoms with Crippen LogP contribution in [0.5, 0.6) is 5.75 Å². The molecule has 0 bridgehead atoms. The van der Waals surface area contributed by atoms with E-state index in [0.717, 1.165) is 23.4 Å². The van der Waals surface area contributed by atoms with E-state index in [0.29, 0.717) is 24.2 Å². The predicted molar refractivity (Wildman–Crippen MR) is 121 cm³/mol. The Hall–Kier alpha value is -2.62. The standard InChI is InChI=1S/C20H22N6O.HI/c1-27-17-9-6-14(7-10-17)19-24-18(25-26-19)12-22-20(21)23-16-8-5-13-3-2-4-15(13)11-16;/h5-11H,2-4,12H2,1H3,(H3,21,22,23)(H,24,25,26);1H. The van der Waals surface area contributed by atoms with Crippen LogP contribution < -0.4 is 15.8 Å². The SMILES string of the molecule is COc1ccc(-c2n[nH]c(CN=C(N)Nc3ccc4c(c3)CCC4)n2)cc1.I. The summed E-state index contributed by atoms with van der Waals surface area (Å²) in [7, 11) is 1.64. The van der Waals surface area contributed by atoms with E-state index in [1.807, 2.05) is 30.3 Å². The van der Waals surface area contributed by atoms with Crippen molar-refractivity contribution in [1.29, 1.82) is 0 Å². The molecule has 0 saturated carbocycles. The second-order valence-corrected chi connectivity index (χ2v) is 6.50. The Morgan fingerprint density at radius 3 is 2.75 bits per heavy atom. The monoisotopic (exact) mass is 490 g/mol. The lowest BCUT2D eigenvalue weighted by Gasteiger charge is -2.07. The average Bonchev–Trinajstić information content (AvgIpc) is 3.35. The molecule has 0 atom stereocenters. The number of anilines is 1. The Labute approximate surface area is 180 Å². The lowest BCUT2D eigenvalue weighted by Crippen LogP contribution is -2.22. The normalized spacial score (nSPS) is 13.0. The van der Waals surface area contributed by atoms with Gasteiger partial charge < -0.3 is 15.8 Å². The summed E-state index contributed by atoms with van der Waals surface area (Å²) in [6.07, 6.45) is 3.53. The Morgan fingerprint density at radius 1 is 1.18 bits per heavy atom. The van der Waals surface area contributed by atoms with Crippen molar-refractivity contribution in [3.63, 3.8) is 0 Å². The highest BCUT2D eigenvalue weighted by Gasteiger charge is 2.11. The number of guanidine groups is 1. The third kappa shape index (κ3) is 4.61. The molecule has 1 aromatic heterocycles. The molecule has 4 N–H and O–H groups in total. The van der Waals surface area contributed by atoms with Gasteiger partial charge in [-0.2, -0.15) is 5.10 Å². The van der Waals surface area contributed by atoms with Crippen LogP contribution in [0.3, 0.4) is 0 Å². The maximum atomic E-state index is 6.01. The number of rotatable bonds is 5. The van der Waals surface area contributed by atoms with Crippen molar-refractivity contribution in [2.24, 2.45) is 10.7 Å². The van der Waals surface area contributed by atoms with Crippen LogP contribution in [0.2, 0.25) is 0 Å². The van der Waals surface area contributed by atoms with Gasteiger partial charge in [0.25, 0.3) is 0 Å². The predicted octanol–water partition coefficient (Wildman–Crippen LogP) is 3.51. The number of aromatic nitrogens is 3.